The van der Waals surface area contributed by atoms with Gasteiger partial charge in [0, 0.05) is 30.9 Å². The van der Waals surface area contributed by atoms with E-state index in [4.69, 9.17) is 0 Å². The predicted octanol–water partition coefficient (Wildman–Crippen LogP) is 3.27. The molecular weight excluding hydrogens is 362 g/mol. The summed E-state index contributed by atoms with van der Waals surface area (Å²) in [5.41, 5.74) is 5.69. The zero-order valence-electron chi connectivity index (χ0n) is 17.3. The topological polar surface area (TPSA) is 52.7 Å². The molecule has 5 heteroatoms. The Hall–Kier alpha value is -2.66. The molecule has 2 aliphatic rings. The molecule has 0 bridgehead atoms. The van der Waals surface area contributed by atoms with Crippen LogP contribution in [0.4, 0.5) is 11.4 Å². The van der Waals surface area contributed by atoms with E-state index < -0.39 is 0 Å². The molecule has 1 fully saturated rings. The molecule has 2 aromatic carbocycles. The SMILES string of the molecule is CN(C)CCc1ccc(NC(=O)C2CC(=O)N(c3ccc4c(c3)CCC4)C2)cc1. The molecular formula is C24H29N3O2. The van der Waals surface area contributed by atoms with Gasteiger partial charge in [-0.15, -0.1) is 0 Å². The number of hydrogen-bond donors (Lipinski definition) is 1. The number of amides is 2. The van der Waals surface area contributed by atoms with Crippen LogP contribution in [0.5, 0.6) is 0 Å². The van der Waals surface area contributed by atoms with Crippen LogP contribution < -0.4 is 10.2 Å². The number of carbonyl (C=O) groups excluding carboxylic acids is 2. The molecule has 1 N–H and O–H groups in total. The number of benzene rings is 2. The lowest BCUT2D eigenvalue weighted by molar-refractivity contribution is -0.122. The van der Waals surface area contributed by atoms with Crippen LogP contribution in [-0.2, 0) is 28.9 Å². The first kappa shape index (κ1) is 19.6. The summed E-state index contributed by atoms with van der Waals surface area (Å²) in [7, 11) is 4.12. The van der Waals surface area contributed by atoms with Crippen molar-refractivity contribution >= 4 is 23.2 Å². The summed E-state index contributed by atoms with van der Waals surface area (Å²) in [5.74, 6) is -0.366. The van der Waals surface area contributed by atoms with E-state index in [0.717, 1.165) is 37.2 Å². The summed E-state index contributed by atoms with van der Waals surface area (Å²) >= 11 is 0. The molecule has 29 heavy (non-hydrogen) atoms. The molecule has 0 saturated carbocycles. The Morgan fingerprint density at radius 2 is 1.86 bits per heavy atom. The van der Waals surface area contributed by atoms with Gasteiger partial charge in [0.15, 0.2) is 0 Å². The molecule has 5 nitrogen and oxygen atoms in total. The van der Waals surface area contributed by atoms with Gasteiger partial charge in [-0.25, -0.2) is 0 Å². The number of nitrogens with one attached hydrogen (secondary N) is 1. The molecule has 1 aliphatic heterocycles. The molecule has 0 aromatic heterocycles. The first-order valence-electron chi connectivity index (χ1n) is 10.5. The van der Waals surface area contributed by atoms with E-state index in [2.05, 4.69) is 48.6 Å². The lowest BCUT2D eigenvalue weighted by atomic mass is 10.1. The molecule has 2 aromatic rings. The third-order valence-electron chi connectivity index (χ3n) is 5.96. The average molecular weight is 392 g/mol. The highest BCUT2D eigenvalue weighted by Gasteiger charge is 2.35. The second kappa shape index (κ2) is 8.37. The predicted molar refractivity (Wildman–Crippen MR) is 116 cm³/mol. The summed E-state index contributed by atoms with van der Waals surface area (Å²) in [4.78, 5) is 29.2. The Labute approximate surface area is 172 Å². The number of likely N-dealkylation sites (N-methyl/N-ethyl adjacent to an activating group) is 1. The first-order valence-corrected chi connectivity index (χ1v) is 10.5. The minimum absolute atomic E-state index is 0.0298. The Kier molecular flexibility index (Phi) is 5.67. The van der Waals surface area contributed by atoms with Crippen LogP contribution in [0.2, 0.25) is 0 Å². The lowest BCUT2D eigenvalue weighted by Gasteiger charge is -2.18. The van der Waals surface area contributed by atoms with Gasteiger partial charge in [-0.2, -0.15) is 0 Å². The van der Waals surface area contributed by atoms with Crippen molar-refractivity contribution in [2.75, 3.05) is 37.4 Å². The fraction of sp³-hybridized carbons (Fsp3) is 0.417. The number of rotatable bonds is 6. The van der Waals surface area contributed by atoms with Crippen molar-refractivity contribution in [2.24, 2.45) is 5.92 Å². The van der Waals surface area contributed by atoms with E-state index in [0.29, 0.717) is 6.54 Å². The Bertz CT molecular complexity index is 905. The van der Waals surface area contributed by atoms with Crippen LogP contribution in [0.25, 0.3) is 0 Å². The normalized spacial score (nSPS) is 18.4. The lowest BCUT2D eigenvalue weighted by Crippen LogP contribution is -2.28. The van der Waals surface area contributed by atoms with Gasteiger partial charge in [0.25, 0.3) is 0 Å². The first-order chi connectivity index (χ1) is 14.0. The van der Waals surface area contributed by atoms with Crippen LogP contribution in [0, 0.1) is 5.92 Å². The zero-order chi connectivity index (χ0) is 20.4. The quantitative estimate of drug-likeness (QED) is 0.822. The average Bonchev–Trinajstić information content (AvgIpc) is 3.33. The fourth-order valence-electron chi connectivity index (χ4n) is 4.21. The van der Waals surface area contributed by atoms with Crippen LogP contribution >= 0.6 is 0 Å². The smallest absolute Gasteiger partial charge is 0.229 e. The number of hydrogen-bond acceptors (Lipinski definition) is 3. The number of nitrogens with zero attached hydrogens (tertiary/aromatic N) is 2. The summed E-state index contributed by atoms with van der Waals surface area (Å²) in [6.07, 6.45) is 4.64. The van der Waals surface area contributed by atoms with Gasteiger partial charge in [-0.05, 0) is 80.7 Å². The van der Waals surface area contributed by atoms with Crippen molar-refractivity contribution in [1.29, 1.82) is 0 Å². The molecule has 152 valence electrons. The van der Waals surface area contributed by atoms with E-state index in [1.54, 1.807) is 4.90 Å². The molecule has 1 saturated heterocycles. The van der Waals surface area contributed by atoms with E-state index in [1.807, 2.05) is 18.2 Å². The molecule has 1 unspecified atom stereocenters. The Morgan fingerprint density at radius 3 is 2.62 bits per heavy atom. The Morgan fingerprint density at radius 1 is 1.10 bits per heavy atom. The van der Waals surface area contributed by atoms with Gasteiger partial charge in [-0.1, -0.05) is 18.2 Å². The zero-order valence-corrected chi connectivity index (χ0v) is 17.3. The van der Waals surface area contributed by atoms with Gasteiger partial charge < -0.3 is 15.1 Å². The minimum atomic E-state index is -0.316. The van der Waals surface area contributed by atoms with Gasteiger partial charge in [0.1, 0.15) is 0 Å². The van der Waals surface area contributed by atoms with Crippen molar-refractivity contribution in [2.45, 2.75) is 32.1 Å². The maximum Gasteiger partial charge on any atom is 0.229 e. The van der Waals surface area contributed by atoms with Gasteiger partial charge in [0.2, 0.25) is 11.8 Å². The highest BCUT2D eigenvalue weighted by Crippen LogP contribution is 2.31. The van der Waals surface area contributed by atoms with E-state index in [-0.39, 0.29) is 24.2 Å². The third kappa shape index (κ3) is 4.51. The van der Waals surface area contributed by atoms with Crippen molar-refractivity contribution in [3.05, 3.63) is 59.2 Å². The van der Waals surface area contributed by atoms with Gasteiger partial charge >= 0.3 is 0 Å². The second-order valence-corrected chi connectivity index (χ2v) is 8.45. The van der Waals surface area contributed by atoms with Crippen molar-refractivity contribution in [1.82, 2.24) is 4.90 Å². The number of anilines is 2. The number of fused-ring (bicyclic) bond motifs is 1. The maximum absolute atomic E-state index is 12.7. The van der Waals surface area contributed by atoms with Crippen LogP contribution in [0.15, 0.2) is 42.5 Å². The monoisotopic (exact) mass is 391 g/mol. The van der Waals surface area contributed by atoms with E-state index in [9.17, 15) is 9.59 Å². The van der Waals surface area contributed by atoms with E-state index in [1.165, 1.54) is 23.1 Å². The molecule has 1 aliphatic carbocycles. The molecule has 0 radical (unpaired) electrons. The minimum Gasteiger partial charge on any atom is -0.326 e. The van der Waals surface area contributed by atoms with Crippen molar-refractivity contribution in [3.8, 4) is 0 Å². The Balaban J connectivity index is 1.37. The van der Waals surface area contributed by atoms with Crippen molar-refractivity contribution in [3.63, 3.8) is 0 Å². The fourth-order valence-corrected chi connectivity index (χ4v) is 4.21. The summed E-state index contributed by atoms with van der Waals surface area (Å²) < 4.78 is 0. The van der Waals surface area contributed by atoms with Gasteiger partial charge in [-0.3, -0.25) is 9.59 Å². The summed E-state index contributed by atoms with van der Waals surface area (Å²) in [6, 6.07) is 14.3. The molecule has 4 rings (SSSR count). The van der Waals surface area contributed by atoms with Crippen LogP contribution in [-0.4, -0.2) is 43.9 Å². The van der Waals surface area contributed by atoms with Gasteiger partial charge in [0.05, 0.1) is 5.92 Å². The van der Waals surface area contributed by atoms with Crippen LogP contribution in [0.1, 0.15) is 29.5 Å². The standard InChI is InChI=1S/C24H29N3O2/c1-26(2)13-12-17-6-9-21(10-7-17)25-24(29)20-15-23(28)27(16-20)22-11-8-18-4-3-5-19(18)14-22/h6-11,14,20H,3-5,12-13,15-16H2,1-2H3,(H,25,29). The maximum atomic E-state index is 12.7. The largest absolute Gasteiger partial charge is 0.326 e. The second-order valence-electron chi connectivity index (χ2n) is 8.45. The number of carbonyl (C=O) groups is 2. The third-order valence-corrected chi connectivity index (χ3v) is 5.96. The number of aryl methyl sites for hydroxylation is 2. The van der Waals surface area contributed by atoms with Crippen molar-refractivity contribution < 1.29 is 9.59 Å². The highest BCUT2D eigenvalue weighted by atomic mass is 16.2. The molecule has 1 heterocycles. The highest BCUT2D eigenvalue weighted by molar-refractivity contribution is 6.03. The van der Waals surface area contributed by atoms with E-state index >= 15 is 0 Å². The summed E-state index contributed by atoms with van der Waals surface area (Å²) in [6.45, 7) is 1.44. The molecule has 1 atom stereocenters. The molecule has 2 amide bonds. The van der Waals surface area contributed by atoms with Crippen LogP contribution in [0.3, 0.4) is 0 Å². The molecule has 0 spiro atoms. The summed E-state index contributed by atoms with van der Waals surface area (Å²) in [5, 5.41) is 2.98.